The van der Waals surface area contributed by atoms with E-state index in [0.29, 0.717) is 5.56 Å². The minimum atomic E-state index is -0.420. The Kier molecular flexibility index (Phi) is 5.78. The van der Waals surface area contributed by atoms with Crippen LogP contribution in [-0.2, 0) is 0 Å². The van der Waals surface area contributed by atoms with Crippen LogP contribution in [0.25, 0.3) is 6.08 Å². The molecule has 2 aromatic carbocycles. The molecular formula is C21H15BrN2O3. The molecule has 0 saturated carbocycles. The summed E-state index contributed by atoms with van der Waals surface area (Å²) < 4.78 is 0.928. The maximum absolute atomic E-state index is 12.1. The van der Waals surface area contributed by atoms with Crippen molar-refractivity contribution < 1.29 is 9.72 Å². The van der Waals surface area contributed by atoms with Crippen LogP contribution in [0.1, 0.15) is 15.9 Å². The largest absolute Gasteiger partial charge is 0.330 e. The second-order valence-electron chi connectivity index (χ2n) is 5.76. The van der Waals surface area contributed by atoms with Gasteiger partial charge >= 0.3 is 0 Å². The van der Waals surface area contributed by atoms with Gasteiger partial charge in [-0.15, -0.1) is 0 Å². The van der Waals surface area contributed by atoms with Crippen LogP contribution >= 0.6 is 15.9 Å². The number of non-ortho nitro benzene ring substituents is 1. The molecule has 0 saturated heterocycles. The lowest BCUT2D eigenvalue weighted by atomic mass is 10.1. The number of hydrogen-bond acceptors (Lipinski definition) is 4. The molecule has 0 fully saturated rings. The van der Waals surface area contributed by atoms with E-state index >= 15 is 0 Å². The van der Waals surface area contributed by atoms with Crippen LogP contribution in [0.15, 0.2) is 95.4 Å². The Labute approximate surface area is 164 Å². The van der Waals surface area contributed by atoms with Gasteiger partial charge in [-0.25, -0.2) is 0 Å². The highest BCUT2D eigenvalue weighted by molar-refractivity contribution is 9.10. The number of carbonyl (C=O) groups is 1. The van der Waals surface area contributed by atoms with Crippen molar-refractivity contribution in [2.24, 2.45) is 0 Å². The van der Waals surface area contributed by atoms with E-state index in [2.05, 4.69) is 15.9 Å². The van der Waals surface area contributed by atoms with Crippen LogP contribution < -0.4 is 0 Å². The molecule has 2 aromatic rings. The summed E-state index contributed by atoms with van der Waals surface area (Å²) in [5.74, 6) is -0.0727. The molecule has 0 bridgehead atoms. The Morgan fingerprint density at radius 2 is 1.63 bits per heavy atom. The molecule has 3 rings (SSSR count). The van der Waals surface area contributed by atoms with Gasteiger partial charge in [-0.1, -0.05) is 15.9 Å². The van der Waals surface area contributed by atoms with Gasteiger partial charge in [0, 0.05) is 46.8 Å². The Hall–Kier alpha value is -3.25. The Balaban J connectivity index is 1.62. The summed E-state index contributed by atoms with van der Waals surface area (Å²) >= 11 is 3.34. The standard InChI is InChI=1S/C21H15BrN2O3/c22-19-5-3-18(4-6-19)21(25)11-14-23-12-9-17(10-13-23)15-16-1-7-20(8-2-16)24(26)27/h1-15H/b14-11+. The van der Waals surface area contributed by atoms with Gasteiger partial charge in [0.2, 0.25) is 0 Å². The highest BCUT2D eigenvalue weighted by atomic mass is 79.9. The summed E-state index contributed by atoms with van der Waals surface area (Å²) in [7, 11) is 0. The van der Waals surface area contributed by atoms with Crippen molar-refractivity contribution in [2.75, 3.05) is 0 Å². The lowest BCUT2D eigenvalue weighted by molar-refractivity contribution is -0.384. The van der Waals surface area contributed by atoms with Crippen molar-refractivity contribution in [3.63, 3.8) is 0 Å². The molecule has 134 valence electrons. The first-order chi connectivity index (χ1) is 13.0. The number of ketones is 1. The molecule has 0 atom stereocenters. The predicted octanol–water partition coefficient (Wildman–Crippen LogP) is 5.48. The third kappa shape index (κ3) is 5.12. The van der Waals surface area contributed by atoms with E-state index in [1.807, 2.05) is 42.8 Å². The van der Waals surface area contributed by atoms with Gasteiger partial charge in [0.1, 0.15) is 0 Å². The zero-order valence-corrected chi connectivity index (χ0v) is 15.7. The SMILES string of the molecule is O=C(/C=C/N1C=CC(=Cc2ccc([N+](=O)[O-])cc2)C=C1)c1ccc(Br)cc1. The third-order valence-electron chi connectivity index (χ3n) is 3.84. The normalized spacial score (nSPS) is 13.2. The summed E-state index contributed by atoms with van der Waals surface area (Å²) in [6, 6.07) is 13.6. The first kappa shape index (κ1) is 18.5. The van der Waals surface area contributed by atoms with Gasteiger partial charge < -0.3 is 4.90 Å². The van der Waals surface area contributed by atoms with Crippen LogP contribution in [0.4, 0.5) is 5.69 Å². The van der Waals surface area contributed by atoms with Gasteiger partial charge in [-0.3, -0.25) is 14.9 Å². The predicted molar refractivity (Wildman–Crippen MR) is 109 cm³/mol. The fraction of sp³-hybridized carbons (Fsp3) is 0. The molecule has 0 unspecified atom stereocenters. The molecule has 0 spiro atoms. The molecule has 1 heterocycles. The van der Waals surface area contributed by atoms with Crippen LogP contribution in [0.3, 0.4) is 0 Å². The quantitative estimate of drug-likeness (QED) is 0.277. The number of hydrogen-bond donors (Lipinski definition) is 0. The zero-order valence-electron chi connectivity index (χ0n) is 14.2. The first-order valence-corrected chi connectivity index (χ1v) is 8.89. The molecule has 0 aliphatic carbocycles. The van der Waals surface area contributed by atoms with Crippen LogP contribution in [-0.4, -0.2) is 15.6 Å². The van der Waals surface area contributed by atoms with Gasteiger partial charge in [-0.2, -0.15) is 0 Å². The second-order valence-corrected chi connectivity index (χ2v) is 6.67. The minimum absolute atomic E-state index is 0.0682. The Bertz CT molecular complexity index is 955. The number of allylic oxidation sites excluding steroid dienone is 4. The second kappa shape index (κ2) is 8.42. The van der Waals surface area contributed by atoms with Crippen molar-refractivity contribution >= 4 is 33.5 Å². The fourth-order valence-electron chi connectivity index (χ4n) is 2.39. The van der Waals surface area contributed by atoms with Gasteiger partial charge in [-0.05, 0) is 65.8 Å². The number of nitro benzene ring substituents is 1. The van der Waals surface area contributed by atoms with Crippen LogP contribution in [0.5, 0.6) is 0 Å². The minimum Gasteiger partial charge on any atom is -0.330 e. The molecule has 0 N–H and O–H groups in total. The molecule has 0 aromatic heterocycles. The van der Waals surface area contributed by atoms with Gasteiger partial charge in [0.15, 0.2) is 5.78 Å². The number of rotatable bonds is 5. The monoisotopic (exact) mass is 422 g/mol. The average molecular weight is 423 g/mol. The van der Waals surface area contributed by atoms with Crippen molar-refractivity contribution in [1.82, 2.24) is 4.90 Å². The lowest BCUT2D eigenvalue weighted by Crippen LogP contribution is -2.04. The van der Waals surface area contributed by atoms with Crippen molar-refractivity contribution in [1.29, 1.82) is 0 Å². The molecule has 27 heavy (non-hydrogen) atoms. The smallest absolute Gasteiger partial charge is 0.269 e. The number of nitro groups is 1. The summed E-state index contributed by atoms with van der Waals surface area (Å²) in [4.78, 5) is 24.2. The fourth-order valence-corrected chi connectivity index (χ4v) is 2.66. The maximum Gasteiger partial charge on any atom is 0.269 e. The molecular weight excluding hydrogens is 408 g/mol. The summed E-state index contributed by atoms with van der Waals surface area (Å²) in [5.41, 5.74) is 2.52. The van der Waals surface area contributed by atoms with Crippen LogP contribution in [0, 0.1) is 10.1 Å². The molecule has 5 nitrogen and oxygen atoms in total. The highest BCUT2D eigenvalue weighted by Crippen LogP contribution is 2.18. The van der Waals surface area contributed by atoms with Crippen molar-refractivity contribution in [3.05, 3.63) is 117 Å². The number of benzene rings is 2. The lowest BCUT2D eigenvalue weighted by Gasteiger charge is -2.13. The molecule has 0 amide bonds. The van der Waals surface area contributed by atoms with E-state index in [9.17, 15) is 14.9 Å². The molecule has 6 heteroatoms. The summed E-state index contributed by atoms with van der Waals surface area (Å²) in [5, 5.41) is 10.7. The summed E-state index contributed by atoms with van der Waals surface area (Å²) in [6.07, 6.45) is 12.6. The Morgan fingerprint density at radius 3 is 2.22 bits per heavy atom. The van der Waals surface area contributed by atoms with E-state index < -0.39 is 4.92 Å². The first-order valence-electron chi connectivity index (χ1n) is 8.09. The highest BCUT2D eigenvalue weighted by Gasteiger charge is 2.05. The van der Waals surface area contributed by atoms with Gasteiger partial charge in [0.05, 0.1) is 4.92 Å². The van der Waals surface area contributed by atoms with Crippen LogP contribution in [0.2, 0.25) is 0 Å². The number of carbonyl (C=O) groups excluding carboxylic acids is 1. The van der Waals surface area contributed by atoms with E-state index in [1.54, 1.807) is 35.4 Å². The van der Waals surface area contributed by atoms with E-state index in [0.717, 1.165) is 15.6 Å². The average Bonchev–Trinajstić information content (AvgIpc) is 2.68. The Morgan fingerprint density at radius 1 is 1.00 bits per heavy atom. The summed E-state index contributed by atoms with van der Waals surface area (Å²) in [6.45, 7) is 0. The molecule has 1 aliphatic heterocycles. The number of nitrogens with zero attached hydrogens (tertiary/aromatic N) is 2. The molecule has 1 aliphatic rings. The van der Waals surface area contributed by atoms with E-state index in [1.165, 1.54) is 18.2 Å². The van der Waals surface area contributed by atoms with Crippen molar-refractivity contribution in [3.8, 4) is 0 Å². The van der Waals surface area contributed by atoms with E-state index in [-0.39, 0.29) is 11.5 Å². The molecule has 0 radical (unpaired) electrons. The topological polar surface area (TPSA) is 63.5 Å². The van der Waals surface area contributed by atoms with Gasteiger partial charge in [0.25, 0.3) is 5.69 Å². The maximum atomic E-state index is 12.1. The van der Waals surface area contributed by atoms with Crippen molar-refractivity contribution in [2.45, 2.75) is 0 Å². The zero-order chi connectivity index (χ0) is 19.2. The third-order valence-corrected chi connectivity index (χ3v) is 4.37. The number of halogens is 1. The van der Waals surface area contributed by atoms with E-state index in [4.69, 9.17) is 0 Å².